The third-order valence-electron chi connectivity index (χ3n) is 1.46. The van der Waals surface area contributed by atoms with E-state index in [-0.39, 0.29) is 4.47 Å². The molecule has 0 spiro atoms. The summed E-state index contributed by atoms with van der Waals surface area (Å²) < 4.78 is 76.4. The van der Waals surface area contributed by atoms with Gasteiger partial charge in [0.1, 0.15) is 6.33 Å². The second-order valence-corrected chi connectivity index (χ2v) is 3.61. The van der Waals surface area contributed by atoms with Gasteiger partial charge in [-0.3, -0.25) is 0 Å². The van der Waals surface area contributed by atoms with Crippen LogP contribution in [0.2, 0.25) is 0 Å². The molecule has 0 saturated carbocycles. The van der Waals surface area contributed by atoms with Crippen LogP contribution in [-0.4, -0.2) is 28.4 Å². The molecule has 0 fully saturated rings. The highest BCUT2D eigenvalue weighted by atomic mass is 79.9. The van der Waals surface area contributed by atoms with Gasteiger partial charge in [-0.15, -0.1) is 0 Å². The molecule has 0 radical (unpaired) electrons. The Bertz CT molecular complexity index is 379. The molecule has 0 aromatic carbocycles. The third-order valence-corrected chi connectivity index (χ3v) is 2.00. The van der Waals surface area contributed by atoms with Crippen LogP contribution in [0.25, 0.3) is 0 Å². The zero-order valence-electron chi connectivity index (χ0n) is 7.68. The number of alkyl halides is 6. The molecule has 0 saturated heterocycles. The Morgan fingerprint density at radius 1 is 1.12 bits per heavy atom. The predicted octanol–water partition coefficient (Wildman–Crippen LogP) is 3.11. The number of halogens is 7. The van der Waals surface area contributed by atoms with Gasteiger partial charge in [-0.25, -0.2) is 9.97 Å². The van der Waals surface area contributed by atoms with E-state index in [1.807, 2.05) is 0 Å². The van der Waals surface area contributed by atoms with Gasteiger partial charge in [0.15, 0.2) is 0 Å². The zero-order valence-corrected chi connectivity index (χ0v) is 9.27. The summed E-state index contributed by atoms with van der Waals surface area (Å²) >= 11 is 2.67. The minimum atomic E-state index is -5.58. The van der Waals surface area contributed by atoms with Crippen LogP contribution in [0.3, 0.4) is 0 Å². The van der Waals surface area contributed by atoms with Crippen molar-refractivity contribution in [3.63, 3.8) is 0 Å². The molecule has 0 atom stereocenters. The number of hydrogen-bond donors (Lipinski definition) is 0. The van der Waals surface area contributed by atoms with Gasteiger partial charge < -0.3 is 4.74 Å². The van der Waals surface area contributed by atoms with E-state index in [1.54, 1.807) is 0 Å². The average Bonchev–Trinajstić information content (AvgIpc) is 2.12. The van der Waals surface area contributed by atoms with Crippen molar-refractivity contribution < 1.29 is 31.1 Å². The van der Waals surface area contributed by atoms with Crippen LogP contribution < -0.4 is 4.74 Å². The normalized spacial score (nSPS) is 12.9. The first-order valence-electron chi connectivity index (χ1n) is 3.88. The van der Waals surface area contributed by atoms with Crippen molar-refractivity contribution in [3.8, 4) is 5.88 Å². The molecule has 0 bridgehead atoms. The maximum Gasteiger partial charge on any atom is 0.434 e. The maximum absolute atomic E-state index is 12.1. The summed E-state index contributed by atoms with van der Waals surface area (Å²) in [6.45, 7) is 0. The Morgan fingerprint density at radius 3 is 2.06 bits per heavy atom. The molecule has 0 aliphatic heterocycles. The Morgan fingerprint density at radius 2 is 1.65 bits per heavy atom. The fourth-order valence-corrected chi connectivity index (χ4v) is 1.13. The van der Waals surface area contributed by atoms with Crippen LogP contribution in [0.15, 0.2) is 17.0 Å². The van der Waals surface area contributed by atoms with E-state index in [4.69, 9.17) is 0 Å². The van der Waals surface area contributed by atoms with Crippen LogP contribution >= 0.6 is 15.9 Å². The van der Waals surface area contributed by atoms with Gasteiger partial charge in [0, 0.05) is 6.20 Å². The van der Waals surface area contributed by atoms with Crippen LogP contribution in [0.1, 0.15) is 0 Å². The van der Waals surface area contributed by atoms with Crippen molar-refractivity contribution >= 4 is 15.9 Å². The first-order valence-corrected chi connectivity index (χ1v) is 4.67. The zero-order chi connectivity index (χ0) is 13.3. The van der Waals surface area contributed by atoms with Crippen molar-refractivity contribution in [1.82, 2.24) is 9.97 Å². The lowest BCUT2D eigenvalue weighted by Gasteiger charge is -2.23. The molecule has 10 heteroatoms. The number of hydrogen-bond acceptors (Lipinski definition) is 3. The third kappa shape index (κ3) is 3.72. The summed E-state index contributed by atoms with van der Waals surface area (Å²) in [5.74, 6) is -0.834. The lowest BCUT2D eigenvalue weighted by Crippen LogP contribution is -2.46. The van der Waals surface area contributed by atoms with Gasteiger partial charge in [-0.05, 0) is 15.9 Å². The number of ether oxygens (including phenoxy) is 1. The molecule has 0 N–H and O–H groups in total. The Hall–Kier alpha value is -1.06. The average molecular weight is 325 g/mol. The van der Waals surface area contributed by atoms with Crippen LogP contribution in [0.4, 0.5) is 26.3 Å². The molecule has 1 rings (SSSR count). The lowest BCUT2D eigenvalue weighted by atomic mass is 10.3. The van der Waals surface area contributed by atoms with E-state index in [2.05, 4.69) is 30.6 Å². The van der Waals surface area contributed by atoms with Gasteiger partial charge in [0.05, 0.1) is 4.47 Å². The SMILES string of the molecule is FC(F)(F)C(Oc1ncncc1Br)C(F)(F)F. The summed E-state index contributed by atoms with van der Waals surface area (Å²) in [6, 6.07) is 0. The molecule has 0 aliphatic rings. The molecular formula is C7H3BrF6N2O. The summed E-state index contributed by atoms with van der Waals surface area (Å²) in [5.41, 5.74) is 0. The molecule has 1 aromatic rings. The highest BCUT2D eigenvalue weighted by molar-refractivity contribution is 9.10. The van der Waals surface area contributed by atoms with Crippen molar-refractivity contribution in [1.29, 1.82) is 0 Å². The second-order valence-electron chi connectivity index (χ2n) is 2.76. The Labute approximate surface area is 98.9 Å². The van der Waals surface area contributed by atoms with E-state index >= 15 is 0 Å². The van der Waals surface area contributed by atoms with Crippen LogP contribution in [-0.2, 0) is 0 Å². The van der Waals surface area contributed by atoms with E-state index in [9.17, 15) is 26.3 Å². The van der Waals surface area contributed by atoms with Crippen LogP contribution in [0, 0.1) is 0 Å². The minimum Gasteiger partial charge on any atom is -0.454 e. The number of rotatable bonds is 2. The van der Waals surface area contributed by atoms with Gasteiger partial charge in [-0.1, -0.05) is 0 Å². The van der Waals surface area contributed by atoms with Crippen molar-refractivity contribution in [2.24, 2.45) is 0 Å². The first kappa shape index (κ1) is 14.0. The highest BCUT2D eigenvalue weighted by Crippen LogP contribution is 2.37. The fourth-order valence-electron chi connectivity index (χ4n) is 0.819. The van der Waals surface area contributed by atoms with Gasteiger partial charge in [-0.2, -0.15) is 26.3 Å². The molecule has 17 heavy (non-hydrogen) atoms. The molecule has 0 aliphatic carbocycles. The summed E-state index contributed by atoms with van der Waals surface area (Å²) in [4.78, 5) is 6.54. The molecule has 96 valence electrons. The predicted molar refractivity (Wildman–Crippen MR) is 46.3 cm³/mol. The second kappa shape index (κ2) is 4.67. The van der Waals surface area contributed by atoms with Crippen molar-refractivity contribution in [3.05, 3.63) is 17.0 Å². The first-order chi connectivity index (χ1) is 7.62. The quantitative estimate of drug-likeness (QED) is 0.784. The standard InChI is InChI=1S/C7H3BrF6N2O/c8-3-1-15-2-16-4(3)17-5(6(9,10)11)7(12,13)14/h1-2,5H. The molecule has 1 aromatic heterocycles. The van der Waals surface area contributed by atoms with Gasteiger partial charge in [0.25, 0.3) is 6.10 Å². The maximum atomic E-state index is 12.1. The number of nitrogens with zero attached hydrogens (tertiary/aromatic N) is 2. The monoisotopic (exact) mass is 324 g/mol. The molecule has 3 nitrogen and oxygen atoms in total. The molecule has 0 amide bonds. The largest absolute Gasteiger partial charge is 0.454 e. The molecular weight excluding hydrogens is 322 g/mol. The van der Waals surface area contributed by atoms with Crippen molar-refractivity contribution in [2.45, 2.75) is 18.5 Å². The van der Waals surface area contributed by atoms with Gasteiger partial charge >= 0.3 is 12.4 Å². The molecule has 0 unspecified atom stereocenters. The smallest absolute Gasteiger partial charge is 0.434 e. The molecule has 1 heterocycles. The summed E-state index contributed by atoms with van der Waals surface area (Å²) in [7, 11) is 0. The fraction of sp³-hybridized carbons (Fsp3) is 0.429. The Kier molecular flexibility index (Phi) is 3.84. The van der Waals surface area contributed by atoms with Crippen LogP contribution in [0.5, 0.6) is 5.88 Å². The summed E-state index contributed by atoms with van der Waals surface area (Å²) in [5, 5.41) is 0. The number of aromatic nitrogens is 2. The van der Waals surface area contributed by atoms with E-state index in [1.165, 1.54) is 0 Å². The lowest BCUT2D eigenvalue weighted by molar-refractivity contribution is -0.300. The topological polar surface area (TPSA) is 35.0 Å². The van der Waals surface area contributed by atoms with E-state index in [0.717, 1.165) is 12.5 Å². The van der Waals surface area contributed by atoms with E-state index in [0.29, 0.717) is 0 Å². The Balaban J connectivity index is 3.00. The minimum absolute atomic E-state index is 0.210. The summed E-state index contributed by atoms with van der Waals surface area (Å²) in [6.07, 6.45) is -13.4. The van der Waals surface area contributed by atoms with E-state index < -0.39 is 24.3 Å². The highest BCUT2D eigenvalue weighted by Gasteiger charge is 2.59. The van der Waals surface area contributed by atoms with Crippen molar-refractivity contribution in [2.75, 3.05) is 0 Å². The van der Waals surface area contributed by atoms with Gasteiger partial charge in [0.2, 0.25) is 5.88 Å².